The van der Waals surface area contributed by atoms with E-state index in [1.807, 2.05) is 36.4 Å². The first kappa shape index (κ1) is 20.7. The summed E-state index contributed by atoms with van der Waals surface area (Å²) in [6, 6.07) is 21.4. The SMILES string of the molecule is CCC(=C(c1ccc(O)cc1)c1ccc(O)cc1)c1ccc(/C(N)=C/C(=O)O)cc1. The van der Waals surface area contributed by atoms with E-state index >= 15 is 0 Å². The maximum absolute atomic E-state index is 10.9. The number of phenols is 2. The number of carboxylic acids is 1. The molecule has 0 aromatic heterocycles. The van der Waals surface area contributed by atoms with Crippen LogP contribution < -0.4 is 5.73 Å². The molecular weight excluding hydrogens is 378 g/mol. The van der Waals surface area contributed by atoms with Gasteiger partial charge in [-0.25, -0.2) is 4.79 Å². The van der Waals surface area contributed by atoms with E-state index < -0.39 is 5.97 Å². The fourth-order valence-electron chi connectivity index (χ4n) is 3.38. The summed E-state index contributed by atoms with van der Waals surface area (Å²) in [6.45, 7) is 2.06. The lowest BCUT2D eigenvalue weighted by Gasteiger charge is -2.17. The normalized spacial score (nSPS) is 11.2. The van der Waals surface area contributed by atoms with Crippen molar-refractivity contribution in [2.75, 3.05) is 0 Å². The summed E-state index contributed by atoms with van der Waals surface area (Å²) in [6.07, 6.45) is 1.71. The lowest BCUT2D eigenvalue weighted by atomic mass is 9.88. The van der Waals surface area contributed by atoms with Crippen LogP contribution in [-0.2, 0) is 4.79 Å². The van der Waals surface area contributed by atoms with Gasteiger partial charge in [0, 0.05) is 11.8 Å². The average Bonchev–Trinajstić information content (AvgIpc) is 2.73. The van der Waals surface area contributed by atoms with Crippen molar-refractivity contribution in [1.29, 1.82) is 0 Å². The Morgan fingerprint density at radius 3 is 1.57 bits per heavy atom. The maximum Gasteiger partial charge on any atom is 0.330 e. The van der Waals surface area contributed by atoms with Crippen LogP contribution in [0.4, 0.5) is 0 Å². The molecule has 0 bridgehead atoms. The monoisotopic (exact) mass is 401 g/mol. The van der Waals surface area contributed by atoms with Crippen LogP contribution in [0.1, 0.15) is 35.6 Å². The number of rotatable bonds is 6. The summed E-state index contributed by atoms with van der Waals surface area (Å²) < 4.78 is 0. The highest BCUT2D eigenvalue weighted by molar-refractivity contribution is 5.99. The van der Waals surface area contributed by atoms with E-state index in [1.54, 1.807) is 36.4 Å². The number of aliphatic carboxylic acids is 1. The van der Waals surface area contributed by atoms with Crippen LogP contribution in [0.2, 0.25) is 0 Å². The lowest BCUT2D eigenvalue weighted by molar-refractivity contribution is -0.131. The van der Waals surface area contributed by atoms with E-state index in [-0.39, 0.29) is 17.2 Å². The van der Waals surface area contributed by atoms with Gasteiger partial charge in [0.15, 0.2) is 0 Å². The fourth-order valence-corrected chi connectivity index (χ4v) is 3.38. The van der Waals surface area contributed by atoms with Gasteiger partial charge in [0.2, 0.25) is 0 Å². The third-order valence-corrected chi connectivity index (χ3v) is 4.81. The van der Waals surface area contributed by atoms with Gasteiger partial charge in [0.25, 0.3) is 0 Å². The van der Waals surface area contributed by atoms with E-state index in [2.05, 4.69) is 6.92 Å². The molecule has 0 unspecified atom stereocenters. The fraction of sp³-hybridized carbons (Fsp3) is 0.0800. The van der Waals surface area contributed by atoms with E-state index in [4.69, 9.17) is 10.8 Å². The predicted molar refractivity (Wildman–Crippen MR) is 119 cm³/mol. The number of hydrogen-bond acceptors (Lipinski definition) is 4. The molecule has 3 aromatic carbocycles. The van der Waals surface area contributed by atoms with Crippen molar-refractivity contribution < 1.29 is 20.1 Å². The van der Waals surface area contributed by atoms with Gasteiger partial charge < -0.3 is 21.1 Å². The minimum atomic E-state index is -1.09. The van der Waals surface area contributed by atoms with Gasteiger partial charge in [-0.05, 0) is 64.1 Å². The molecule has 0 radical (unpaired) electrons. The molecule has 5 nitrogen and oxygen atoms in total. The number of allylic oxidation sites excluding steroid dienone is 1. The predicted octanol–water partition coefficient (Wildman–Crippen LogP) is 4.85. The number of benzene rings is 3. The molecule has 0 atom stereocenters. The Morgan fingerprint density at radius 1 is 0.767 bits per heavy atom. The van der Waals surface area contributed by atoms with Crippen molar-refractivity contribution in [2.24, 2.45) is 5.73 Å². The Kier molecular flexibility index (Phi) is 6.23. The minimum Gasteiger partial charge on any atom is -0.508 e. The van der Waals surface area contributed by atoms with Gasteiger partial charge in [0.05, 0.1) is 0 Å². The molecule has 5 heteroatoms. The van der Waals surface area contributed by atoms with Crippen molar-refractivity contribution in [3.63, 3.8) is 0 Å². The van der Waals surface area contributed by atoms with Gasteiger partial charge >= 0.3 is 5.97 Å². The molecule has 0 saturated carbocycles. The summed E-state index contributed by atoms with van der Waals surface area (Å²) in [5, 5.41) is 28.3. The standard InChI is InChI=1S/C25H23NO4/c1-2-22(16-3-5-17(6-4-16)23(26)15-24(29)30)25(18-7-11-20(27)12-8-18)19-9-13-21(28)14-10-19/h3-15,27-28H,2,26H2,1H3,(H,29,30)/b23-15-. The third-order valence-electron chi connectivity index (χ3n) is 4.81. The number of carboxylic acid groups (broad SMARTS) is 1. The van der Waals surface area contributed by atoms with Crippen molar-refractivity contribution in [1.82, 2.24) is 0 Å². The lowest BCUT2D eigenvalue weighted by Crippen LogP contribution is -2.01. The summed E-state index contributed by atoms with van der Waals surface area (Å²) in [5.41, 5.74) is 11.6. The average molecular weight is 401 g/mol. The Labute approximate surface area is 175 Å². The molecule has 0 amide bonds. The molecule has 152 valence electrons. The Hall–Kier alpha value is -3.99. The molecular formula is C25H23NO4. The quantitative estimate of drug-likeness (QED) is 0.349. The third kappa shape index (κ3) is 4.70. The summed E-state index contributed by atoms with van der Waals surface area (Å²) in [5.74, 6) is -0.716. The summed E-state index contributed by atoms with van der Waals surface area (Å²) in [7, 11) is 0. The Balaban J connectivity index is 2.16. The molecule has 3 aromatic rings. The second-order valence-electron chi connectivity index (χ2n) is 6.82. The van der Waals surface area contributed by atoms with Gasteiger partial charge in [0.1, 0.15) is 11.5 Å². The van der Waals surface area contributed by atoms with Crippen molar-refractivity contribution in [3.8, 4) is 11.5 Å². The first-order chi connectivity index (χ1) is 14.4. The zero-order valence-electron chi connectivity index (χ0n) is 16.5. The largest absolute Gasteiger partial charge is 0.508 e. The Bertz CT molecular complexity index is 1050. The zero-order valence-corrected chi connectivity index (χ0v) is 16.5. The van der Waals surface area contributed by atoms with Gasteiger partial charge in [-0.1, -0.05) is 55.5 Å². The first-order valence-electron chi connectivity index (χ1n) is 9.52. The van der Waals surface area contributed by atoms with Crippen LogP contribution in [0, 0.1) is 0 Å². The molecule has 0 heterocycles. The molecule has 0 aliphatic heterocycles. The highest BCUT2D eigenvalue weighted by atomic mass is 16.4. The van der Waals surface area contributed by atoms with E-state index in [1.165, 1.54) is 0 Å². The molecule has 3 rings (SSSR count). The Morgan fingerprint density at radius 2 is 1.17 bits per heavy atom. The molecule has 0 saturated heterocycles. The summed E-state index contributed by atoms with van der Waals surface area (Å²) >= 11 is 0. The van der Waals surface area contributed by atoms with E-state index in [0.29, 0.717) is 5.56 Å². The van der Waals surface area contributed by atoms with Crippen LogP contribution in [0.25, 0.3) is 16.8 Å². The number of hydrogen-bond donors (Lipinski definition) is 4. The number of phenolic OH excluding ortho intramolecular Hbond substituents is 2. The minimum absolute atomic E-state index is 0.187. The number of aromatic hydroxyl groups is 2. The van der Waals surface area contributed by atoms with Gasteiger partial charge in [-0.2, -0.15) is 0 Å². The summed E-state index contributed by atoms with van der Waals surface area (Å²) in [4.78, 5) is 10.9. The van der Waals surface area contributed by atoms with Crippen molar-refractivity contribution >= 4 is 22.8 Å². The molecule has 5 N–H and O–H groups in total. The van der Waals surface area contributed by atoms with Crippen molar-refractivity contribution in [3.05, 3.63) is 101 Å². The van der Waals surface area contributed by atoms with Crippen LogP contribution in [0.5, 0.6) is 11.5 Å². The number of nitrogens with two attached hydrogens (primary N) is 1. The van der Waals surface area contributed by atoms with Gasteiger partial charge in [-0.15, -0.1) is 0 Å². The van der Waals surface area contributed by atoms with Crippen LogP contribution >= 0.6 is 0 Å². The smallest absolute Gasteiger partial charge is 0.330 e. The highest BCUT2D eigenvalue weighted by Gasteiger charge is 2.14. The first-order valence-corrected chi connectivity index (χ1v) is 9.52. The van der Waals surface area contributed by atoms with Gasteiger partial charge in [-0.3, -0.25) is 0 Å². The topological polar surface area (TPSA) is 104 Å². The molecule has 0 aliphatic carbocycles. The van der Waals surface area contributed by atoms with Crippen LogP contribution in [0.3, 0.4) is 0 Å². The maximum atomic E-state index is 10.9. The van der Waals surface area contributed by atoms with Crippen LogP contribution in [0.15, 0.2) is 78.9 Å². The molecule has 30 heavy (non-hydrogen) atoms. The molecule has 0 fully saturated rings. The zero-order chi connectivity index (χ0) is 21.7. The van der Waals surface area contributed by atoms with E-state index in [0.717, 1.165) is 40.3 Å². The molecule has 0 aliphatic rings. The van der Waals surface area contributed by atoms with Crippen LogP contribution in [-0.4, -0.2) is 21.3 Å². The second kappa shape index (κ2) is 9.01. The van der Waals surface area contributed by atoms with E-state index in [9.17, 15) is 15.0 Å². The van der Waals surface area contributed by atoms with Crippen molar-refractivity contribution in [2.45, 2.75) is 13.3 Å². The highest BCUT2D eigenvalue weighted by Crippen LogP contribution is 2.35. The number of carbonyl (C=O) groups is 1. The molecule has 0 spiro atoms. The second-order valence-corrected chi connectivity index (χ2v) is 6.82.